The minimum Gasteiger partial charge on any atom is -0.481 e. The molecule has 0 amide bonds. The molecule has 0 aliphatic heterocycles. The Balaban J connectivity index is 4.51. The number of carboxylic acids is 2. The van der Waals surface area contributed by atoms with Gasteiger partial charge in [0, 0.05) is 11.8 Å². The Morgan fingerprint density at radius 3 is 1.38 bits per heavy atom. The van der Waals surface area contributed by atoms with Gasteiger partial charge in [0.15, 0.2) is 5.78 Å². The zero-order valence-electron chi connectivity index (χ0n) is 22.3. The quantitative estimate of drug-likeness (QED) is 0.0870. The monoisotopic (exact) mass is 480 g/mol. The van der Waals surface area contributed by atoms with Crippen molar-refractivity contribution in [3.05, 3.63) is 12.7 Å². The van der Waals surface area contributed by atoms with E-state index in [1.165, 1.54) is 25.7 Å². The summed E-state index contributed by atoms with van der Waals surface area (Å²) in [7, 11) is 0. The van der Waals surface area contributed by atoms with Gasteiger partial charge in [-0.15, -0.1) is 6.58 Å². The number of hydrogen-bond donors (Lipinski definition) is 2. The van der Waals surface area contributed by atoms with Crippen molar-refractivity contribution in [2.24, 2.45) is 10.8 Å². The molecule has 0 bridgehead atoms. The lowest BCUT2D eigenvalue weighted by Crippen LogP contribution is -2.45. The van der Waals surface area contributed by atoms with Crippen LogP contribution in [0.3, 0.4) is 0 Å². The van der Waals surface area contributed by atoms with E-state index in [0.29, 0.717) is 12.8 Å². The van der Waals surface area contributed by atoms with E-state index >= 15 is 0 Å². The first-order valence-corrected chi connectivity index (χ1v) is 13.7. The van der Waals surface area contributed by atoms with Crippen molar-refractivity contribution in [1.82, 2.24) is 0 Å². The SMILES string of the molecule is C=CCCCCCCCCCC(CCCCCCCCCCC(=O)O)(C(=O)O)C(=O)C(C)(C)C. The van der Waals surface area contributed by atoms with Crippen LogP contribution in [0.15, 0.2) is 12.7 Å². The average Bonchev–Trinajstić information content (AvgIpc) is 2.76. The molecule has 2 N–H and O–H groups in total. The van der Waals surface area contributed by atoms with Gasteiger partial charge in [0.1, 0.15) is 5.41 Å². The summed E-state index contributed by atoms with van der Waals surface area (Å²) in [5, 5.41) is 18.8. The molecule has 5 heteroatoms. The second-order valence-corrected chi connectivity index (χ2v) is 11.0. The first-order chi connectivity index (χ1) is 16.1. The summed E-state index contributed by atoms with van der Waals surface area (Å²) in [6.45, 7) is 9.25. The summed E-state index contributed by atoms with van der Waals surface area (Å²) in [5.74, 6) is -1.81. The van der Waals surface area contributed by atoms with Gasteiger partial charge >= 0.3 is 11.9 Å². The van der Waals surface area contributed by atoms with E-state index in [1.54, 1.807) is 0 Å². The highest BCUT2D eigenvalue weighted by molar-refractivity contribution is 6.05. The van der Waals surface area contributed by atoms with Crippen molar-refractivity contribution in [3.8, 4) is 0 Å². The van der Waals surface area contributed by atoms with Crippen molar-refractivity contribution >= 4 is 17.7 Å². The fourth-order valence-electron chi connectivity index (χ4n) is 4.74. The van der Waals surface area contributed by atoms with E-state index in [-0.39, 0.29) is 12.2 Å². The van der Waals surface area contributed by atoms with Crippen LogP contribution in [0.25, 0.3) is 0 Å². The molecule has 198 valence electrons. The smallest absolute Gasteiger partial charge is 0.317 e. The van der Waals surface area contributed by atoms with Gasteiger partial charge in [0.25, 0.3) is 0 Å². The highest BCUT2D eigenvalue weighted by Gasteiger charge is 2.48. The second kappa shape index (κ2) is 18.6. The summed E-state index contributed by atoms with van der Waals surface area (Å²) in [6, 6.07) is 0. The van der Waals surface area contributed by atoms with Gasteiger partial charge < -0.3 is 10.2 Å². The molecule has 0 radical (unpaired) electrons. The number of Topliss-reactive ketones (excluding diaryl/α,β-unsaturated/α-hetero) is 1. The van der Waals surface area contributed by atoms with Crippen LogP contribution in [-0.2, 0) is 14.4 Å². The van der Waals surface area contributed by atoms with Crippen molar-refractivity contribution < 1.29 is 24.6 Å². The molecule has 0 aliphatic carbocycles. The van der Waals surface area contributed by atoms with Crippen molar-refractivity contribution in [3.63, 3.8) is 0 Å². The second-order valence-electron chi connectivity index (χ2n) is 11.0. The predicted molar refractivity (Wildman–Crippen MR) is 140 cm³/mol. The van der Waals surface area contributed by atoms with E-state index in [1.807, 2.05) is 26.8 Å². The number of aliphatic carboxylic acids is 2. The molecule has 1 unspecified atom stereocenters. The van der Waals surface area contributed by atoms with E-state index in [0.717, 1.165) is 77.0 Å². The summed E-state index contributed by atoms with van der Waals surface area (Å²) in [5.41, 5.74) is -1.93. The Kier molecular flexibility index (Phi) is 17.7. The van der Waals surface area contributed by atoms with Crippen LogP contribution in [0.5, 0.6) is 0 Å². The molecule has 0 aromatic heterocycles. The summed E-state index contributed by atoms with van der Waals surface area (Å²) < 4.78 is 0. The predicted octanol–water partition coefficient (Wildman–Crippen LogP) is 8.36. The third kappa shape index (κ3) is 14.6. The van der Waals surface area contributed by atoms with Crippen LogP contribution in [-0.4, -0.2) is 27.9 Å². The standard InChI is InChI=1S/C29H52O5/c1-5-6-7-8-9-11-14-17-20-23-29(27(33)34,26(32)28(2,3)4)24-21-18-15-12-10-13-16-19-22-25(30)31/h5H,1,6-24H2,2-4H3,(H,30,31)(H,33,34). The Morgan fingerprint density at radius 2 is 1.03 bits per heavy atom. The largest absolute Gasteiger partial charge is 0.481 e. The number of unbranched alkanes of at least 4 members (excludes halogenated alkanes) is 14. The summed E-state index contributed by atoms with van der Waals surface area (Å²) in [6.07, 6.45) is 19.4. The number of carbonyl (C=O) groups is 3. The number of carbonyl (C=O) groups excluding carboxylic acids is 1. The Hall–Kier alpha value is -1.65. The zero-order chi connectivity index (χ0) is 25.9. The first-order valence-electron chi connectivity index (χ1n) is 13.7. The number of allylic oxidation sites excluding steroid dienone is 1. The van der Waals surface area contributed by atoms with Gasteiger partial charge in [-0.05, 0) is 32.1 Å². The van der Waals surface area contributed by atoms with E-state index in [2.05, 4.69) is 6.58 Å². The van der Waals surface area contributed by atoms with Gasteiger partial charge in [0.05, 0.1) is 0 Å². The van der Waals surface area contributed by atoms with Crippen LogP contribution in [0.2, 0.25) is 0 Å². The third-order valence-electron chi connectivity index (χ3n) is 6.78. The number of rotatable bonds is 23. The van der Waals surface area contributed by atoms with Gasteiger partial charge in [-0.1, -0.05) is 110 Å². The molecule has 0 saturated carbocycles. The van der Waals surface area contributed by atoms with E-state index < -0.39 is 22.8 Å². The highest BCUT2D eigenvalue weighted by Crippen LogP contribution is 2.39. The van der Waals surface area contributed by atoms with Crippen molar-refractivity contribution in [1.29, 1.82) is 0 Å². The van der Waals surface area contributed by atoms with Crippen molar-refractivity contribution in [2.75, 3.05) is 0 Å². The minimum absolute atomic E-state index is 0.129. The van der Waals surface area contributed by atoms with Crippen LogP contribution in [0, 0.1) is 10.8 Å². The third-order valence-corrected chi connectivity index (χ3v) is 6.78. The Morgan fingerprint density at radius 1 is 0.647 bits per heavy atom. The Labute approximate surface area is 208 Å². The molecule has 1 atom stereocenters. The average molecular weight is 481 g/mol. The topological polar surface area (TPSA) is 91.7 Å². The lowest BCUT2D eigenvalue weighted by atomic mass is 9.67. The molecule has 0 fully saturated rings. The molecule has 0 aromatic rings. The molecule has 0 heterocycles. The number of carboxylic acid groups (broad SMARTS) is 2. The van der Waals surface area contributed by atoms with Gasteiger partial charge in [0.2, 0.25) is 0 Å². The van der Waals surface area contributed by atoms with Gasteiger partial charge in [-0.2, -0.15) is 0 Å². The maximum absolute atomic E-state index is 13.3. The molecule has 0 aromatic carbocycles. The summed E-state index contributed by atoms with van der Waals surface area (Å²) in [4.78, 5) is 36.2. The maximum atomic E-state index is 13.3. The number of hydrogen-bond acceptors (Lipinski definition) is 3. The Bertz CT molecular complexity index is 590. The molecule has 0 spiro atoms. The number of ketones is 1. The van der Waals surface area contributed by atoms with Crippen molar-refractivity contribution in [2.45, 2.75) is 143 Å². The highest BCUT2D eigenvalue weighted by atomic mass is 16.4. The van der Waals surface area contributed by atoms with Crippen LogP contribution < -0.4 is 0 Å². The molecular weight excluding hydrogens is 428 g/mol. The van der Waals surface area contributed by atoms with Crippen LogP contribution in [0.1, 0.15) is 143 Å². The van der Waals surface area contributed by atoms with Crippen LogP contribution in [0.4, 0.5) is 0 Å². The zero-order valence-corrected chi connectivity index (χ0v) is 22.3. The minimum atomic E-state index is -1.26. The van der Waals surface area contributed by atoms with E-state index in [9.17, 15) is 19.5 Å². The lowest BCUT2D eigenvalue weighted by Gasteiger charge is -2.34. The molecule has 0 rings (SSSR count). The molecular formula is C29H52O5. The van der Waals surface area contributed by atoms with Crippen LogP contribution >= 0.6 is 0 Å². The molecule has 5 nitrogen and oxygen atoms in total. The maximum Gasteiger partial charge on any atom is 0.317 e. The lowest BCUT2D eigenvalue weighted by molar-refractivity contribution is -0.160. The fraction of sp³-hybridized carbons (Fsp3) is 0.828. The van der Waals surface area contributed by atoms with E-state index in [4.69, 9.17) is 5.11 Å². The first kappa shape index (κ1) is 32.4. The molecule has 0 saturated heterocycles. The van der Waals surface area contributed by atoms with Gasteiger partial charge in [-0.25, -0.2) is 0 Å². The molecule has 34 heavy (non-hydrogen) atoms. The molecule has 0 aliphatic rings. The normalized spacial score (nSPS) is 13.4. The fourth-order valence-corrected chi connectivity index (χ4v) is 4.74. The van der Waals surface area contributed by atoms with Gasteiger partial charge in [-0.3, -0.25) is 14.4 Å². The summed E-state index contributed by atoms with van der Waals surface area (Å²) >= 11 is 0.